The van der Waals surface area contributed by atoms with Crippen LogP contribution in [-0.2, 0) is 18.9 Å². The van der Waals surface area contributed by atoms with E-state index in [2.05, 4.69) is 16.8 Å². The number of halogens is 4. The minimum Gasteiger partial charge on any atom is -0.484 e. The van der Waals surface area contributed by atoms with E-state index in [1.54, 1.807) is 36.4 Å². The summed E-state index contributed by atoms with van der Waals surface area (Å²) in [4.78, 5) is 0. The quantitative estimate of drug-likeness (QED) is 0.288. The minimum atomic E-state index is -0.351. The molecule has 0 aliphatic rings. The standard InChI is InChI=1S/C19H15Cl3FN3OS/c1-2-8-26-18(10-27-17-7-6-12(20)9-15(17)22)24-25-19(26)28-11-13-14(21)4-3-5-16(13)23/h2-7,9H,1,8,10-11H2. The van der Waals surface area contributed by atoms with E-state index in [-0.39, 0.29) is 12.4 Å². The number of hydrogen-bond acceptors (Lipinski definition) is 4. The molecule has 0 amide bonds. The van der Waals surface area contributed by atoms with Gasteiger partial charge in [0.2, 0.25) is 0 Å². The van der Waals surface area contributed by atoms with Crippen LogP contribution in [0.3, 0.4) is 0 Å². The maximum absolute atomic E-state index is 14.0. The zero-order chi connectivity index (χ0) is 20.1. The van der Waals surface area contributed by atoms with Crippen molar-refractivity contribution in [3.05, 3.63) is 81.3 Å². The molecule has 3 aromatic rings. The smallest absolute Gasteiger partial charge is 0.191 e. The molecule has 0 saturated carbocycles. The van der Waals surface area contributed by atoms with E-state index in [1.165, 1.54) is 17.8 Å². The van der Waals surface area contributed by atoms with E-state index in [0.717, 1.165) is 0 Å². The Morgan fingerprint density at radius 1 is 1.14 bits per heavy atom. The molecule has 0 aliphatic carbocycles. The fraction of sp³-hybridized carbons (Fsp3) is 0.158. The molecule has 0 unspecified atom stereocenters. The van der Waals surface area contributed by atoms with Crippen molar-refractivity contribution in [3.63, 3.8) is 0 Å². The molecule has 1 aromatic heterocycles. The van der Waals surface area contributed by atoms with Gasteiger partial charge in [-0.1, -0.05) is 58.7 Å². The molecule has 1 heterocycles. The summed E-state index contributed by atoms with van der Waals surface area (Å²) < 4.78 is 21.6. The van der Waals surface area contributed by atoms with Crippen molar-refractivity contribution in [2.75, 3.05) is 0 Å². The van der Waals surface area contributed by atoms with Crippen LogP contribution in [0.15, 0.2) is 54.2 Å². The van der Waals surface area contributed by atoms with Crippen LogP contribution in [0.5, 0.6) is 5.75 Å². The third-order valence-electron chi connectivity index (χ3n) is 3.76. The van der Waals surface area contributed by atoms with Gasteiger partial charge >= 0.3 is 0 Å². The summed E-state index contributed by atoms with van der Waals surface area (Å²) in [5, 5.41) is 10.3. The predicted molar refractivity (Wildman–Crippen MR) is 112 cm³/mol. The lowest BCUT2D eigenvalue weighted by molar-refractivity contribution is 0.289. The molecular weight excluding hydrogens is 444 g/mol. The number of hydrogen-bond donors (Lipinski definition) is 0. The van der Waals surface area contributed by atoms with E-state index in [4.69, 9.17) is 39.5 Å². The first kappa shape index (κ1) is 21.0. The van der Waals surface area contributed by atoms with E-state index < -0.39 is 0 Å². The second kappa shape index (κ2) is 9.65. The van der Waals surface area contributed by atoms with Gasteiger partial charge in [0.05, 0.1) is 5.02 Å². The number of ether oxygens (including phenoxy) is 1. The summed E-state index contributed by atoms with van der Waals surface area (Å²) >= 11 is 19.4. The van der Waals surface area contributed by atoms with Crippen LogP contribution in [0.2, 0.25) is 15.1 Å². The highest BCUT2D eigenvalue weighted by molar-refractivity contribution is 7.98. The molecule has 2 aromatic carbocycles. The molecule has 9 heteroatoms. The van der Waals surface area contributed by atoms with Crippen molar-refractivity contribution in [1.29, 1.82) is 0 Å². The second-order valence-electron chi connectivity index (χ2n) is 5.65. The Morgan fingerprint density at radius 3 is 2.68 bits per heavy atom. The first-order valence-electron chi connectivity index (χ1n) is 8.16. The highest BCUT2D eigenvalue weighted by Gasteiger charge is 2.15. The molecule has 3 rings (SSSR count). The molecule has 0 bridgehead atoms. The predicted octanol–water partition coefficient (Wildman–Crippen LogP) is 6.43. The van der Waals surface area contributed by atoms with Crippen LogP contribution in [0.4, 0.5) is 4.39 Å². The van der Waals surface area contributed by atoms with Crippen molar-refractivity contribution in [2.24, 2.45) is 0 Å². The first-order chi connectivity index (χ1) is 13.5. The highest BCUT2D eigenvalue weighted by Crippen LogP contribution is 2.30. The van der Waals surface area contributed by atoms with Crippen LogP contribution in [0, 0.1) is 5.82 Å². The van der Waals surface area contributed by atoms with Gasteiger partial charge in [-0.3, -0.25) is 4.57 Å². The first-order valence-corrected chi connectivity index (χ1v) is 10.3. The number of rotatable bonds is 8. The Kier molecular flexibility index (Phi) is 7.24. The van der Waals surface area contributed by atoms with Crippen molar-refractivity contribution >= 4 is 46.6 Å². The Hall–Kier alpha value is -1.73. The third kappa shape index (κ3) is 5.00. The molecule has 0 fully saturated rings. The molecule has 0 saturated heterocycles. The van der Waals surface area contributed by atoms with Gasteiger partial charge in [-0.2, -0.15) is 0 Å². The van der Waals surface area contributed by atoms with Gasteiger partial charge in [0.25, 0.3) is 0 Å². The molecule has 0 radical (unpaired) electrons. The largest absolute Gasteiger partial charge is 0.484 e. The average molecular weight is 459 g/mol. The Labute approximate surface area is 181 Å². The monoisotopic (exact) mass is 457 g/mol. The fourth-order valence-electron chi connectivity index (χ4n) is 2.39. The number of aromatic nitrogens is 3. The fourth-order valence-corrected chi connectivity index (χ4v) is 4.16. The van der Waals surface area contributed by atoms with E-state index in [9.17, 15) is 4.39 Å². The van der Waals surface area contributed by atoms with E-state index >= 15 is 0 Å². The van der Waals surface area contributed by atoms with Gasteiger partial charge < -0.3 is 4.74 Å². The summed E-state index contributed by atoms with van der Waals surface area (Å²) in [5.41, 5.74) is 0.424. The van der Waals surface area contributed by atoms with Crippen LogP contribution in [0.1, 0.15) is 11.4 Å². The Morgan fingerprint density at radius 2 is 1.96 bits per heavy atom. The van der Waals surface area contributed by atoms with Gasteiger partial charge in [-0.15, -0.1) is 16.8 Å². The maximum atomic E-state index is 14.0. The number of allylic oxidation sites excluding steroid dienone is 1. The van der Waals surface area contributed by atoms with Crippen molar-refractivity contribution in [1.82, 2.24) is 14.8 Å². The highest BCUT2D eigenvalue weighted by atomic mass is 35.5. The molecule has 146 valence electrons. The van der Waals surface area contributed by atoms with Gasteiger partial charge in [-0.25, -0.2) is 4.39 Å². The van der Waals surface area contributed by atoms with Crippen LogP contribution < -0.4 is 4.74 Å². The normalized spacial score (nSPS) is 10.9. The Bertz CT molecular complexity index is 976. The number of benzene rings is 2. The molecule has 0 aliphatic heterocycles. The average Bonchev–Trinajstić information content (AvgIpc) is 3.03. The number of nitrogens with zero attached hydrogens (tertiary/aromatic N) is 3. The summed E-state index contributed by atoms with van der Waals surface area (Å²) in [6.45, 7) is 4.40. The maximum Gasteiger partial charge on any atom is 0.191 e. The second-order valence-corrected chi connectivity index (χ2v) is 7.84. The lowest BCUT2D eigenvalue weighted by atomic mass is 10.2. The molecule has 0 spiro atoms. The summed E-state index contributed by atoms with van der Waals surface area (Å²) in [6, 6.07) is 9.59. The van der Waals surface area contributed by atoms with E-state index in [1.807, 2.05) is 4.57 Å². The summed E-state index contributed by atoms with van der Waals surface area (Å²) in [6.07, 6.45) is 1.72. The van der Waals surface area contributed by atoms with Crippen molar-refractivity contribution < 1.29 is 9.13 Å². The number of thioether (sulfide) groups is 1. The van der Waals surface area contributed by atoms with Crippen LogP contribution in [0.25, 0.3) is 0 Å². The van der Waals surface area contributed by atoms with E-state index in [0.29, 0.717) is 49.7 Å². The zero-order valence-corrected chi connectivity index (χ0v) is 17.6. The molecule has 0 atom stereocenters. The van der Waals surface area contributed by atoms with Gasteiger partial charge in [0.1, 0.15) is 18.2 Å². The van der Waals surface area contributed by atoms with Crippen molar-refractivity contribution in [2.45, 2.75) is 24.1 Å². The molecular formula is C19H15Cl3FN3OS. The van der Waals surface area contributed by atoms with Gasteiger partial charge in [-0.05, 0) is 30.3 Å². The zero-order valence-electron chi connectivity index (χ0n) is 14.5. The topological polar surface area (TPSA) is 39.9 Å². The lowest BCUT2D eigenvalue weighted by Gasteiger charge is -2.10. The molecule has 4 nitrogen and oxygen atoms in total. The summed E-state index contributed by atoms with van der Waals surface area (Å²) in [5.74, 6) is 1.06. The Balaban J connectivity index is 1.75. The third-order valence-corrected chi connectivity index (χ3v) is 5.64. The van der Waals surface area contributed by atoms with Crippen molar-refractivity contribution in [3.8, 4) is 5.75 Å². The van der Waals surface area contributed by atoms with Gasteiger partial charge in [0, 0.05) is 27.9 Å². The SMILES string of the molecule is C=CCn1c(COc2ccc(Cl)cc2Cl)nnc1SCc1c(F)cccc1Cl. The molecule has 0 N–H and O–H groups in total. The molecule has 28 heavy (non-hydrogen) atoms. The van der Waals surface area contributed by atoms with Gasteiger partial charge in [0.15, 0.2) is 11.0 Å². The van der Waals surface area contributed by atoms with Crippen LogP contribution in [-0.4, -0.2) is 14.8 Å². The minimum absolute atomic E-state index is 0.156. The lowest BCUT2D eigenvalue weighted by Crippen LogP contribution is -2.07. The summed E-state index contributed by atoms with van der Waals surface area (Å²) in [7, 11) is 0. The van der Waals surface area contributed by atoms with Crippen LogP contribution >= 0.6 is 46.6 Å².